The summed E-state index contributed by atoms with van der Waals surface area (Å²) in [6.07, 6.45) is 6.42. The number of hydrogen-bond donors (Lipinski definition) is 1. The smallest absolute Gasteiger partial charge is 0.124 e. The molecule has 2 aromatic carbocycles. The average Bonchev–Trinajstić information content (AvgIpc) is 2.61. The molecule has 0 saturated heterocycles. The van der Waals surface area contributed by atoms with Crippen molar-refractivity contribution in [1.29, 1.82) is 0 Å². The molecule has 0 unspecified atom stereocenters. The number of nitrogens with one attached hydrogen (secondary N) is 1. The summed E-state index contributed by atoms with van der Waals surface area (Å²) in [7, 11) is 0. The van der Waals surface area contributed by atoms with Crippen LogP contribution in [-0.2, 0) is 13.2 Å². The van der Waals surface area contributed by atoms with Gasteiger partial charge in [-0.05, 0) is 48.9 Å². The van der Waals surface area contributed by atoms with Gasteiger partial charge in [-0.25, -0.2) is 4.39 Å². The molecule has 0 radical (unpaired) electrons. The van der Waals surface area contributed by atoms with Crippen LogP contribution >= 0.6 is 15.9 Å². The molecule has 0 atom stereocenters. The summed E-state index contributed by atoms with van der Waals surface area (Å²) < 4.78 is 20.0. The van der Waals surface area contributed by atoms with Crippen molar-refractivity contribution < 1.29 is 9.13 Å². The normalized spacial score (nSPS) is 10.8. The fourth-order valence-corrected chi connectivity index (χ4v) is 3.05. The summed E-state index contributed by atoms with van der Waals surface area (Å²) in [5.74, 6) is 0.641. The van der Waals surface area contributed by atoms with Crippen molar-refractivity contribution in [2.75, 3.05) is 6.54 Å². The third-order valence-corrected chi connectivity index (χ3v) is 4.60. The van der Waals surface area contributed by atoms with Gasteiger partial charge in [0.1, 0.15) is 18.2 Å². The van der Waals surface area contributed by atoms with Crippen molar-refractivity contribution in [3.63, 3.8) is 0 Å². The molecule has 25 heavy (non-hydrogen) atoms. The van der Waals surface area contributed by atoms with Crippen LogP contribution in [0.5, 0.6) is 5.75 Å². The minimum absolute atomic E-state index is 0.226. The summed E-state index contributed by atoms with van der Waals surface area (Å²) >= 11 is 3.53. The van der Waals surface area contributed by atoms with Crippen molar-refractivity contribution in [3.8, 4) is 5.75 Å². The van der Waals surface area contributed by atoms with E-state index >= 15 is 0 Å². The van der Waals surface area contributed by atoms with Gasteiger partial charge in [0.2, 0.25) is 0 Å². The molecule has 0 spiro atoms. The molecule has 2 aromatic rings. The van der Waals surface area contributed by atoms with Crippen molar-refractivity contribution in [2.24, 2.45) is 0 Å². The first kappa shape index (κ1) is 19.9. The topological polar surface area (TPSA) is 21.3 Å². The van der Waals surface area contributed by atoms with Gasteiger partial charge >= 0.3 is 0 Å². The Morgan fingerprint density at radius 1 is 1.00 bits per heavy atom. The Bertz CT molecular complexity index is 630. The molecule has 2 nitrogen and oxygen atoms in total. The summed E-state index contributed by atoms with van der Waals surface area (Å²) in [5.41, 5.74) is 2.09. The van der Waals surface area contributed by atoms with Gasteiger partial charge in [0.05, 0.1) is 0 Å². The fourth-order valence-electron chi connectivity index (χ4n) is 2.65. The van der Waals surface area contributed by atoms with E-state index in [0.29, 0.717) is 6.61 Å². The molecular weight excluding hydrogens is 381 g/mol. The summed E-state index contributed by atoms with van der Waals surface area (Å²) in [4.78, 5) is 0. The highest BCUT2D eigenvalue weighted by Crippen LogP contribution is 2.24. The third kappa shape index (κ3) is 7.57. The summed E-state index contributed by atoms with van der Waals surface area (Å²) in [6, 6.07) is 12.5. The van der Waals surface area contributed by atoms with Gasteiger partial charge in [0.25, 0.3) is 0 Å². The first-order chi connectivity index (χ1) is 12.2. The molecule has 0 aliphatic rings. The monoisotopic (exact) mass is 407 g/mol. The van der Waals surface area contributed by atoms with Crippen LogP contribution in [0.25, 0.3) is 0 Å². The number of benzene rings is 2. The predicted molar refractivity (Wildman–Crippen MR) is 105 cm³/mol. The standard InChI is InChI=1S/C21H27BrFNO/c1-2-3-4-5-6-13-24-15-18-14-19(22)9-12-21(18)25-16-17-7-10-20(23)11-8-17/h7-12,14,24H,2-6,13,15-16H2,1H3. The van der Waals surface area contributed by atoms with Crippen LogP contribution in [0.15, 0.2) is 46.9 Å². The van der Waals surface area contributed by atoms with E-state index in [0.717, 1.165) is 34.4 Å². The molecule has 0 saturated carbocycles. The minimum Gasteiger partial charge on any atom is -0.489 e. The molecule has 1 N–H and O–H groups in total. The zero-order valence-electron chi connectivity index (χ0n) is 14.9. The molecule has 0 bridgehead atoms. The Balaban J connectivity index is 1.83. The first-order valence-electron chi connectivity index (χ1n) is 9.05. The van der Waals surface area contributed by atoms with Crippen LogP contribution in [0.2, 0.25) is 0 Å². The van der Waals surface area contributed by atoms with Gasteiger partial charge < -0.3 is 10.1 Å². The lowest BCUT2D eigenvalue weighted by Gasteiger charge is -2.13. The molecule has 0 aliphatic heterocycles. The average molecular weight is 408 g/mol. The predicted octanol–water partition coefficient (Wildman–Crippen LogP) is 6.23. The van der Waals surface area contributed by atoms with Crippen LogP contribution in [0.4, 0.5) is 4.39 Å². The lowest BCUT2D eigenvalue weighted by Crippen LogP contribution is -2.15. The minimum atomic E-state index is -0.226. The molecule has 2 rings (SSSR count). The largest absolute Gasteiger partial charge is 0.489 e. The number of halogens is 2. The maximum Gasteiger partial charge on any atom is 0.124 e. The maximum atomic E-state index is 13.0. The van der Waals surface area contributed by atoms with E-state index in [9.17, 15) is 4.39 Å². The zero-order valence-corrected chi connectivity index (χ0v) is 16.4. The van der Waals surface area contributed by atoms with Crippen molar-refractivity contribution >= 4 is 15.9 Å². The van der Waals surface area contributed by atoms with E-state index in [2.05, 4.69) is 34.2 Å². The Kier molecular flexibility index (Phi) is 8.98. The fraction of sp³-hybridized carbons (Fsp3) is 0.429. The van der Waals surface area contributed by atoms with Crippen molar-refractivity contribution in [2.45, 2.75) is 52.2 Å². The van der Waals surface area contributed by atoms with Crippen LogP contribution < -0.4 is 10.1 Å². The molecule has 0 heterocycles. The van der Waals surface area contributed by atoms with E-state index < -0.39 is 0 Å². The second kappa shape index (κ2) is 11.3. The lowest BCUT2D eigenvalue weighted by atomic mass is 10.1. The third-order valence-electron chi connectivity index (χ3n) is 4.10. The van der Waals surface area contributed by atoms with Gasteiger partial charge in [0.15, 0.2) is 0 Å². The first-order valence-corrected chi connectivity index (χ1v) is 9.84. The second-order valence-electron chi connectivity index (χ2n) is 6.26. The van der Waals surface area contributed by atoms with Gasteiger partial charge in [0, 0.05) is 16.6 Å². The van der Waals surface area contributed by atoms with Crippen LogP contribution in [0.3, 0.4) is 0 Å². The van der Waals surface area contributed by atoms with Crippen molar-refractivity contribution in [1.82, 2.24) is 5.32 Å². The van der Waals surface area contributed by atoms with E-state index in [1.54, 1.807) is 12.1 Å². The van der Waals surface area contributed by atoms with Gasteiger partial charge in [-0.2, -0.15) is 0 Å². The molecule has 0 aromatic heterocycles. The Morgan fingerprint density at radius 3 is 2.52 bits per heavy atom. The quantitative estimate of drug-likeness (QED) is 0.445. The van der Waals surface area contributed by atoms with Gasteiger partial charge in [-0.1, -0.05) is 60.7 Å². The maximum absolute atomic E-state index is 13.0. The molecule has 0 amide bonds. The van der Waals surface area contributed by atoms with Crippen molar-refractivity contribution in [3.05, 3.63) is 63.9 Å². The Labute approximate surface area is 158 Å². The Morgan fingerprint density at radius 2 is 1.76 bits per heavy atom. The number of hydrogen-bond acceptors (Lipinski definition) is 2. The molecule has 136 valence electrons. The van der Waals surface area contributed by atoms with Crippen LogP contribution in [0.1, 0.15) is 50.2 Å². The summed E-state index contributed by atoms with van der Waals surface area (Å²) in [5, 5.41) is 3.50. The highest BCUT2D eigenvalue weighted by atomic mass is 79.9. The van der Waals surface area contributed by atoms with Crippen LogP contribution in [-0.4, -0.2) is 6.54 Å². The SMILES string of the molecule is CCCCCCCNCc1cc(Br)ccc1OCc1ccc(F)cc1. The highest BCUT2D eigenvalue weighted by Gasteiger charge is 2.05. The lowest BCUT2D eigenvalue weighted by molar-refractivity contribution is 0.302. The summed E-state index contributed by atoms with van der Waals surface area (Å²) in [6.45, 7) is 4.48. The highest BCUT2D eigenvalue weighted by molar-refractivity contribution is 9.10. The van der Waals surface area contributed by atoms with E-state index in [-0.39, 0.29) is 5.82 Å². The van der Waals surface area contributed by atoms with Gasteiger partial charge in [-0.15, -0.1) is 0 Å². The number of unbranched alkanes of at least 4 members (excludes halogenated alkanes) is 4. The number of rotatable bonds is 11. The van der Waals surface area contributed by atoms with Crippen LogP contribution in [0, 0.1) is 5.82 Å². The van der Waals surface area contributed by atoms with E-state index in [1.807, 2.05) is 12.1 Å². The Hall–Kier alpha value is -1.39. The van der Waals surface area contributed by atoms with E-state index in [4.69, 9.17) is 4.74 Å². The second-order valence-corrected chi connectivity index (χ2v) is 7.17. The molecule has 0 fully saturated rings. The molecular formula is C21H27BrFNO. The molecule has 0 aliphatic carbocycles. The van der Waals surface area contributed by atoms with Gasteiger partial charge in [-0.3, -0.25) is 0 Å². The molecule has 4 heteroatoms. The zero-order chi connectivity index (χ0) is 17.9. The number of ether oxygens (including phenoxy) is 1. The van der Waals surface area contributed by atoms with E-state index in [1.165, 1.54) is 44.2 Å².